The second-order valence-corrected chi connectivity index (χ2v) is 6.33. The Balaban J connectivity index is 1.96. The molecule has 0 spiro atoms. The summed E-state index contributed by atoms with van der Waals surface area (Å²) in [4.78, 5) is 16.5. The van der Waals surface area contributed by atoms with Crippen LogP contribution >= 0.6 is 0 Å². The Kier molecular flexibility index (Phi) is 8.23. The first-order chi connectivity index (χ1) is 14.2. The van der Waals surface area contributed by atoms with Crippen LogP contribution < -0.4 is 4.74 Å². The van der Waals surface area contributed by atoms with Gasteiger partial charge in [-0.1, -0.05) is 35.5 Å². The van der Waals surface area contributed by atoms with Crippen LogP contribution in [0.1, 0.15) is 30.5 Å². The number of nitrogens with zero attached hydrogens (tertiary/aromatic N) is 1. The quantitative estimate of drug-likeness (QED) is 0.446. The van der Waals surface area contributed by atoms with Crippen molar-refractivity contribution in [3.63, 3.8) is 0 Å². The zero-order valence-corrected chi connectivity index (χ0v) is 16.5. The van der Waals surface area contributed by atoms with Crippen molar-refractivity contribution in [2.24, 2.45) is 5.16 Å². The van der Waals surface area contributed by atoms with Gasteiger partial charge in [0, 0.05) is 13.0 Å². The molecule has 0 aliphatic carbocycles. The number of carboxylic acids is 1. The molecule has 2 aromatic carbocycles. The Morgan fingerprint density at radius 1 is 1.13 bits per heavy atom. The van der Waals surface area contributed by atoms with E-state index in [9.17, 15) is 23.1 Å². The number of aliphatic carboxylic acids is 1. The molecule has 6 nitrogen and oxygen atoms in total. The lowest BCUT2D eigenvalue weighted by Crippen LogP contribution is -2.26. The van der Waals surface area contributed by atoms with Crippen molar-refractivity contribution >= 4 is 11.7 Å². The van der Waals surface area contributed by atoms with Crippen LogP contribution in [0.3, 0.4) is 0 Å². The summed E-state index contributed by atoms with van der Waals surface area (Å²) in [7, 11) is 0. The number of hydrogen-bond acceptors (Lipinski definition) is 5. The highest BCUT2D eigenvalue weighted by atomic mass is 19.4. The fourth-order valence-electron chi connectivity index (χ4n) is 2.60. The highest BCUT2D eigenvalue weighted by molar-refractivity contribution is 5.98. The number of carbonyl (C=O) groups is 1. The predicted molar refractivity (Wildman–Crippen MR) is 103 cm³/mol. The Morgan fingerprint density at radius 3 is 2.43 bits per heavy atom. The van der Waals surface area contributed by atoms with E-state index in [-0.39, 0.29) is 18.8 Å². The van der Waals surface area contributed by atoms with Gasteiger partial charge >= 0.3 is 12.3 Å². The van der Waals surface area contributed by atoms with Gasteiger partial charge in [0.25, 0.3) is 0 Å². The van der Waals surface area contributed by atoms with Crippen LogP contribution in [-0.2, 0) is 27.4 Å². The van der Waals surface area contributed by atoms with E-state index in [1.807, 2.05) is 6.07 Å². The summed E-state index contributed by atoms with van der Waals surface area (Å²) in [5, 5.41) is 13.2. The number of carboxylic acid groups (broad SMARTS) is 1. The molecule has 0 saturated heterocycles. The SMILES string of the molecule is CCO[C@@H](Cc1cccc(/C(C)=N/OCc2ccc(OC(F)(F)F)cc2)c1)C(=O)O. The summed E-state index contributed by atoms with van der Waals surface area (Å²) in [5.41, 5.74) is 2.72. The van der Waals surface area contributed by atoms with Crippen molar-refractivity contribution in [3.8, 4) is 5.75 Å². The minimum absolute atomic E-state index is 0.0642. The summed E-state index contributed by atoms with van der Waals surface area (Å²) in [6.07, 6.45) is -5.44. The molecule has 9 heteroatoms. The second kappa shape index (κ2) is 10.6. The molecule has 0 heterocycles. The zero-order valence-electron chi connectivity index (χ0n) is 16.5. The van der Waals surface area contributed by atoms with Crippen molar-refractivity contribution in [2.45, 2.75) is 39.3 Å². The van der Waals surface area contributed by atoms with Gasteiger partial charge in [-0.3, -0.25) is 0 Å². The topological polar surface area (TPSA) is 77.3 Å². The number of halogens is 3. The first-order valence-electron chi connectivity index (χ1n) is 9.13. The molecule has 0 amide bonds. The fourth-order valence-corrected chi connectivity index (χ4v) is 2.60. The summed E-state index contributed by atoms with van der Waals surface area (Å²) in [6, 6.07) is 12.5. The van der Waals surface area contributed by atoms with E-state index >= 15 is 0 Å². The van der Waals surface area contributed by atoms with Crippen molar-refractivity contribution < 1.29 is 37.4 Å². The van der Waals surface area contributed by atoms with E-state index in [1.165, 1.54) is 24.3 Å². The third-order valence-corrected chi connectivity index (χ3v) is 4.00. The molecular formula is C21H22F3NO5. The van der Waals surface area contributed by atoms with Crippen LogP contribution in [0.25, 0.3) is 0 Å². The maximum absolute atomic E-state index is 12.2. The standard InChI is InChI=1S/C21H22F3NO5/c1-3-28-19(20(26)27)12-16-5-4-6-17(11-16)14(2)25-29-13-15-7-9-18(10-8-15)30-21(22,23)24/h4-11,19H,3,12-13H2,1-2H3,(H,26,27)/b25-14+/t19-/m0/s1. The van der Waals surface area contributed by atoms with Crippen LogP contribution in [0.2, 0.25) is 0 Å². The van der Waals surface area contributed by atoms with E-state index in [2.05, 4.69) is 9.89 Å². The van der Waals surface area contributed by atoms with Crippen LogP contribution in [0.5, 0.6) is 5.75 Å². The van der Waals surface area contributed by atoms with Gasteiger partial charge in [-0.25, -0.2) is 4.79 Å². The molecule has 162 valence electrons. The van der Waals surface area contributed by atoms with Gasteiger partial charge in [-0.2, -0.15) is 0 Å². The monoisotopic (exact) mass is 425 g/mol. The van der Waals surface area contributed by atoms with Gasteiger partial charge in [0.05, 0.1) is 5.71 Å². The fraction of sp³-hybridized carbons (Fsp3) is 0.333. The lowest BCUT2D eigenvalue weighted by molar-refractivity contribution is -0.274. The number of alkyl halides is 3. The molecule has 0 radical (unpaired) electrons. The molecule has 0 unspecified atom stereocenters. The van der Waals surface area contributed by atoms with Crippen molar-refractivity contribution in [2.75, 3.05) is 6.61 Å². The number of hydrogen-bond donors (Lipinski definition) is 1. The Bertz CT molecular complexity index is 866. The van der Waals surface area contributed by atoms with Crippen molar-refractivity contribution in [1.29, 1.82) is 0 Å². The summed E-state index contributed by atoms with van der Waals surface area (Å²) in [5.74, 6) is -1.34. The molecule has 0 aliphatic heterocycles. The second-order valence-electron chi connectivity index (χ2n) is 6.33. The number of rotatable bonds is 10. The molecule has 0 bridgehead atoms. The van der Waals surface area contributed by atoms with Gasteiger partial charge in [0.2, 0.25) is 0 Å². The highest BCUT2D eigenvalue weighted by Gasteiger charge is 2.30. The molecule has 0 fully saturated rings. The van der Waals surface area contributed by atoms with E-state index in [0.717, 1.165) is 11.1 Å². The molecule has 0 aromatic heterocycles. The number of oxime groups is 1. The first kappa shape index (κ1) is 23.2. The maximum Gasteiger partial charge on any atom is 0.573 e. The van der Waals surface area contributed by atoms with Gasteiger partial charge in [0.1, 0.15) is 12.4 Å². The van der Waals surface area contributed by atoms with Gasteiger partial charge in [-0.15, -0.1) is 13.2 Å². The third-order valence-electron chi connectivity index (χ3n) is 4.00. The molecule has 0 aliphatic rings. The normalized spacial score (nSPS) is 13.0. The molecule has 2 rings (SSSR count). The summed E-state index contributed by atoms with van der Waals surface area (Å²) >= 11 is 0. The Morgan fingerprint density at radius 2 is 1.83 bits per heavy atom. The summed E-state index contributed by atoms with van der Waals surface area (Å²) < 4.78 is 45.6. The van der Waals surface area contributed by atoms with Gasteiger partial charge in [0.15, 0.2) is 6.10 Å². The van der Waals surface area contributed by atoms with E-state index in [4.69, 9.17) is 9.57 Å². The van der Waals surface area contributed by atoms with Crippen LogP contribution in [-0.4, -0.2) is 35.9 Å². The number of ether oxygens (including phenoxy) is 2. The smallest absolute Gasteiger partial charge is 0.479 e. The summed E-state index contributed by atoms with van der Waals surface area (Å²) in [6.45, 7) is 3.83. The minimum Gasteiger partial charge on any atom is -0.479 e. The Labute approximate surface area is 171 Å². The van der Waals surface area contributed by atoms with E-state index in [1.54, 1.807) is 32.0 Å². The predicted octanol–water partition coefficient (Wildman–Crippen LogP) is 4.56. The number of benzene rings is 2. The molecule has 1 atom stereocenters. The van der Waals surface area contributed by atoms with Crippen LogP contribution in [0.4, 0.5) is 13.2 Å². The van der Waals surface area contributed by atoms with E-state index in [0.29, 0.717) is 17.9 Å². The Hall–Kier alpha value is -3.07. The molecule has 2 aromatic rings. The molecule has 0 saturated carbocycles. The largest absolute Gasteiger partial charge is 0.573 e. The van der Waals surface area contributed by atoms with Crippen LogP contribution in [0, 0.1) is 0 Å². The molecule has 30 heavy (non-hydrogen) atoms. The van der Waals surface area contributed by atoms with Gasteiger partial charge < -0.3 is 19.4 Å². The third kappa shape index (κ3) is 7.75. The lowest BCUT2D eigenvalue weighted by atomic mass is 10.0. The average molecular weight is 425 g/mol. The highest BCUT2D eigenvalue weighted by Crippen LogP contribution is 2.23. The minimum atomic E-state index is -4.74. The zero-order chi connectivity index (χ0) is 22.1. The maximum atomic E-state index is 12.2. The molecule has 1 N–H and O–H groups in total. The van der Waals surface area contributed by atoms with Crippen LogP contribution in [0.15, 0.2) is 53.7 Å². The van der Waals surface area contributed by atoms with Crippen molar-refractivity contribution in [1.82, 2.24) is 0 Å². The lowest BCUT2D eigenvalue weighted by Gasteiger charge is -2.13. The first-order valence-corrected chi connectivity index (χ1v) is 9.13. The van der Waals surface area contributed by atoms with Crippen molar-refractivity contribution in [3.05, 3.63) is 65.2 Å². The molecular weight excluding hydrogens is 403 g/mol. The van der Waals surface area contributed by atoms with Gasteiger partial charge in [-0.05, 0) is 48.7 Å². The average Bonchev–Trinajstić information content (AvgIpc) is 2.68. The van der Waals surface area contributed by atoms with E-state index < -0.39 is 18.4 Å².